The molecule has 6 nitrogen and oxygen atoms in total. The van der Waals surface area contributed by atoms with Gasteiger partial charge in [0.2, 0.25) is 5.91 Å². The molecule has 2 heterocycles. The third-order valence-corrected chi connectivity index (χ3v) is 3.83. The summed E-state index contributed by atoms with van der Waals surface area (Å²) in [7, 11) is 0. The molecular weight excluding hydrogens is 243 g/mol. The number of aliphatic hydroxyl groups excluding tert-OH is 1. The Balaban J connectivity index is 0.00000128. The molecule has 0 aromatic carbocycles. The molecule has 2 aliphatic heterocycles. The molecule has 1 unspecified atom stereocenters. The molecule has 1 fully saturated rings. The summed E-state index contributed by atoms with van der Waals surface area (Å²) < 4.78 is 0. The maximum absolute atomic E-state index is 11.4. The number of aliphatic hydroxyl groups is 1. The fourth-order valence-electron chi connectivity index (χ4n) is 1.69. The number of amides is 1. The first-order chi connectivity index (χ1) is 7.07. The van der Waals surface area contributed by atoms with Gasteiger partial charge in [0.05, 0.1) is 18.3 Å². The van der Waals surface area contributed by atoms with Crippen LogP contribution in [0, 0.1) is 0 Å². The molecule has 1 saturated heterocycles. The molecule has 0 radical (unpaired) electrons. The zero-order chi connectivity index (χ0) is 11.2. The van der Waals surface area contributed by atoms with E-state index < -0.39 is 17.9 Å². The number of hydrogen-bond donors (Lipinski definition) is 2. The van der Waals surface area contributed by atoms with Crippen LogP contribution in [0.3, 0.4) is 0 Å². The largest absolute Gasteiger partial charge is 1.00 e. The minimum atomic E-state index is -1.44. The molecule has 3 N–H and O–H groups in total. The zero-order valence-electron chi connectivity index (χ0n) is 8.67. The predicted octanol–water partition coefficient (Wildman–Crippen LogP) is -5.77. The van der Waals surface area contributed by atoms with Crippen molar-refractivity contribution in [1.82, 2.24) is 4.90 Å². The van der Waals surface area contributed by atoms with Crippen LogP contribution in [0.15, 0.2) is 11.3 Å². The van der Waals surface area contributed by atoms with E-state index in [0.29, 0.717) is 11.3 Å². The van der Waals surface area contributed by atoms with Crippen LogP contribution in [0.5, 0.6) is 0 Å². The third-order valence-electron chi connectivity index (χ3n) is 2.47. The Morgan fingerprint density at radius 3 is 2.81 bits per heavy atom. The van der Waals surface area contributed by atoms with Gasteiger partial charge in [-0.15, -0.1) is 11.8 Å². The fourth-order valence-corrected chi connectivity index (χ4v) is 2.97. The molecule has 0 aromatic heterocycles. The topological polar surface area (TPSA) is 107 Å². The van der Waals surface area contributed by atoms with Gasteiger partial charge in [0.15, 0.2) is 0 Å². The van der Waals surface area contributed by atoms with Crippen molar-refractivity contribution < 1.29 is 49.4 Å². The molecule has 2 aliphatic rings. The first kappa shape index (κ1) is 14.0. The first-order valence-corrected chi connectivity index (χ1v) is 5.37. The number of aliphatic carboxylic acids is 1. The number of thioether (sulfide) groups is 1. The summed E-state index contributed by atoms with van der Waals surface area (Å²) in [6, 6.07) is -0.649. The number of carboxylic acids is 1. The maximum atomic E-state index is 11.4. The van der Waals surface area contributed by atoms with Gasteiger partial charge in [0.1, 0.15) is 11.4 Å². The molecule has 8 heteroatoms. The minimum absolute atomic E-state index is 0. The Labute approximate surface area is 118 Å². The van der Waals surface area contributed by atoms with Crippen molar-refractivity contribution in [3.8, 4) is 0 Å². The van der Waals surface area contributed by atoms with Crippen LogP contribution < -0.4 is 40.4 Å². The predicted molar refractivity (Wildman–Crippen MR) is 50.2 cm³/mol. The number of β-lactam (4-membered cyclic amide) rings is 1. The van der Waals surface area contributed by atoms with Crippen molar-refractivity contribution in [2.75, 3.05) is 12.4 Å². The van der Waals surface area contributed by atoms with Gasteiger partial charge in [-0.3, -0.25) is 9.69 Å². The second-order valence-corrected chi connectivity index (χ2v) is 4.44. The van der Waals surface area contributed by atoms with E-state index in [-0.39, 0.29) is 47.2 Å². The fraction of sp³-hybridized carbons (Fsp3) is 0.500. The van der Waals surface area contributed by atoms with E-state index in [9.17, 15) is 14.7 Å². The van der Waals surface area contributed by atoms with Gasteiger partial charge in [0.25, 0.3) is 0 Å². The molecular formula is C8H9N2NaO4S. The van der Waals surface area contributed by atoms with Gasteiger partial charge in [0, 0.05) is 5.75 Å². The summed E-state index contributed by atoms with van der Waals surface area (Å²) in [5, 5.41) is 19.5. The van der Waals surface area contributed by atoms with E-state index in [4.69, 9.17) is 10.8 Å². The van der Waals surface area contributed by atoms with E-state index in [1.54, 1.807) is 0 Å². The van der Waals surface area contributed by atoms with Gasteiger partial charge in [-0.1, -0.05) is 0 Å². The van der Waals surface area contributed by atoms with Crippen LogP contribution in [0.4, 0.5) is 0 Å². The van der Waals surface area contributed by atoms with Crippen LogP contribution >= 0.6 is 11.8 Å². The van der Waals surface area contributed by atoms with Crippen LogP contribution in [0.25, 0.3) is 0 Å². The summed E-state index contributed by atoms with van der Waals surface area (Å²) in [6.07, 6.45) is 0. The monoisotopic (exact) mass is 252 g/mol. The van der Waals surface area contributed by atoms with E-state index in [0.717, 1.165) is 4.90 Å². The number of carbonyl (C=O) groups excluding carboxylic acids is 2. The number of nitrogens with zero attached hydrogens (tertiary/aromatic N) is 1. The second kappa shape index (κ2) is 5.07. The van der Waals surface area contributed by atoms with Crippen molar-refractivity contribution in [3.05, 3.63) is 11.3 Å². The molecule has 0 saturated carbocycles. The molecule has 0 spiro atoms. The van der Waals surface area contributed by atoms with Crippen LogP contribution in [-0.2, 0) is 9.59 Å². The summed E-state index contributed by atoms with van der Waals surface area (Å²) in [5.41, 5.74) is 5.60. The smallest absolute Gasteiger partial charge is 0.543 e. The summed E-state index contributed by atoms with van der Waals surface area (Å²) in [6.45, 7) is -0.387. The van der Waals surface area contributed by atoms with E-state index in [1.807, 2.05) is 0 Å². The second-order valence-electron chi connectivity index (χ2n) is 3.33. The third kappa shape index (κ3) is 1.92. The molecule has 82 valence electrons. The number of hydrogen-bond acceptors (Lipinski definition) is 6. The van der Waals surface area contributed by atoms with Crippen molar-refractivity contribution >= 4 is 23.6 Å². The zero-order valence-corrected chi connectivity index (χ0v) is 11.5. The van der Waals surface area contributed by atoms with Crippen LogP contribution in [0.1, 0.15) is 0 Å². The average Bonchev–Trinajstić information content (AvgIpc) is 2.25. The Morgan fingerprint density at radius 2 is 2.31 bits per heavy atom. The van der Waals surface area contributed by atoms with Gasteiger partial charge >= 0.3 is 29.6 Å². The van der Waals surface area contributed by atoms with Gasteiger partial charge in [-0.2, -0.15) is 0 Å². The summed E-state index contributed by atoms with van der Waals surface area (Å²) >= 11 is 1.35. The van der Waals surface area contributed by atoms with Crippen LogP contribution in [0.2, 0.25) is 0 Å². The Hall–Kier alpha value is -0.0500. The van der Waals surface area contributed by atoms with Gasteiger partial charge in [-0.05, 0) is 5.57 Å². The average molecular weight is 252 g/mol. The normalized spacial score (nSPS) is 28.1. The minimum Gasteiger partial charge on any atom is -0.543 e. The molecule has 1 amide bonds. The SMILES string of the molecule is NC1C(=O)N2C(C(=O)[O-])=C(CO)CS[C@H]12.[Na+]. The number of carbonyl (C=O) groups is 2. The summed E-state index contributed by atoms with van der Waals surface area (Å²) in [4.78, 5) is 23.3. The van der Waals surface area contributed by atoms with E-state index in [1.165, 1.54) is 11.8 Å². The molecule has 16 heavy (non-hydrogen) atoms. The number of carboxylic acid groups (broad SMARTS) is 1. The number of nitrogens with two attached hydrogens (primary N) is 1. The maximum Gasteiger partial charge on any atom is 1.00 e. The summed E-state index contributed by atoms with van der Waals surface area (Å²) in [5.74, 6) is -1.51. The Kier molecular flexibility index (Phi) is 4.44. The molecule has 2 atom stereocenters. The Morgan fingerprint density at radius 1 is 1.69 bits per heavy atom. The molecule has 0 aliphatic carbocycles. The van der Waals surface area contributed by atoms with E-state index >= 15 is 0 Å². The quantitative estimate of drug-likeness (QED) is 0.374. The van der Waals surface area contributed by atoms with Crippen LogP contribution in [-0.4, -0.2) is 45.7 Å². The van der Waals surface area contributed by atoms with E-state index in [2.05, 4.69) is 0 Å². The Bertz CT molecular complexity index is 373. The van der Waals surface area contributed by atoms with Crippen molar-refractivity contribution in [1.29, 1.82) is 0 Å². The first-order valence-electron chi connectivity index (χ1n) is 4.32. The van der Waals surface area contributed by atoms with Crippen molar-refractivity contribution in [2.24, 2.45) is 5.73 Å². The number of rotatable bonds is 2. The van der Waals surface area contributed by atoms with Gasteiger partial charge in [-0.25, -0.2) is 0 Å². The van der Waals surface area contributed by atoms with Crippen molar-refractivity contribution in [3.63, 3.8) is 0 Å². The standard InChI is InChI=1S/C8H10N2O4S.Na/c9-4-6(12)10-5(8(13)14)3(1-11)2-15-7(4)10;/h4,7,11H,1-2,9H2,(H,13,14);/q;+1/p-1/t4?,7-;/m1./s1. The molecule has 2 rings (SSSR count). The number of fused-ring (bicyclic) bond motifs is 1. The molecule has 0 bridgehead atoms. The van der Waals surface area contributed by atoms with Gasteiger partial charge < -0.3 is 20.7 Å². The molecule has 0 aromatic rings. The van der Waals surface area contributed by atoms with Crippen molar-refractivity contribution in [2.45, 2.75) is 11.4 Å².